The van der Waals surface area contributed by atoms with Crippen molar-refractivity contribution in [3.8, 4) is 10.6 Å². The summed E-state index contributed by atoms with van der Waals surface area (Å²) in [5.74, 6) is 1.29. The van der Waals surface area contributed by atoms with Gasteiger partial charge in [0.15, 0.2) is 5.13 Å². The standard InChI is InChI=1S/C15H21N3S2/c1-4-9(5-2)14-18-12(10-6-7-10)13(20-14)11-8-19-15(16-3)17-11/h8-10H,4-7H2,1-3H3,(H,16,17). The predicted octanol–water partition coefficient (Wildman–Crippen LogP) is 5.09. The average molecular weight is 307 g/mol. The van der Waals surface area contributed by atoms with Crippen molar-refractivity contribution in [3.05, 3.63) is 16.1 Å². The molecule has 2 aromatic rings. The monoisotopic (exact) mass is 307 g/mol. The van der Waals surface area contributed by atoms with Crippen molar-refractivity contribution in [2.45, 2.75) is 51.4 Å². The summed E-state index contributed by atoms with van der Waals surface area (Å²) in [5.41, 5.74) is 2.42. The van der Waals surface area contributed by atoms with Crippen LogP contribution in [-0.2, 0) is 0 Å². The van der Waals surface area contributed by atoms with Gasteiger partial charge in [0, 0.05) is 24.3 Å². The van der Waals surface area contributed by atoms with Gasteiger partial charge >= 0.3 is 0 Å². The molecule has 5 heteroatoms. The van der Waals surface area contributed by atoms with Crippen molar-refractivity contribution in [2.24, 2.45) is 0 Å². The van der Waals surface area contributed by atoms with E-state index < -0.39 is 0 Å². The Morgan fingerprint density at radius 3 is 2.60 bits per heavy atom. The molecule has 0 bridgehead atoms. The van der Waals surface area contributed by atoms with Crippen LogP contribution in [0.4, 0.5) is 5.13 Å². The molecule has 0 spiro atoms. The van der Waals surface area contributed by atoms with Crippen molar-refractivity contribution in [1.29, 1.82) is 0 Å². The Labute approximate surface area is 128 Å². The van der Waals surface area contributed by atoms with Gasteiger partial charge in [-0.1, -0.05) is 13.8 Å². The lowest BCUT2D eigenvalue weighted by Crippen LogP contribution is -1.94. The van der Waals surface area contributed by atoms with Crippen LogP contribution in [0.25, 0.3) is 10.6 Å². The van der Waals surface area contributed by atoms with Gasteiger partial charge in [0.2, 0.25) is 0 Å². The third kappa shape index (κ3) is 2.61. The Hall–Kier alpha value is -0.940. The van der Waals surface area contributed by atoms with Crippen LogP contribution in [0.3, 0.4) is 0 Å². The summed E-state index contributed by atoms with van der Waals surface area (Å²) in [6.07, 6.45) is 4.93. The second-order valence-corrected chi connectivity index (χ2v) is 7.23. The molecule has 20 heavy (non-hydrogen) atoms. The highest BCUT2D eigenvalue weighted by Gasteiger charge is 2.31. The second-order valence-electron chi connectivity index (χ2n) is 5.34. The molecule has 108 valence electrons. The molecule has 1 fully saturated rings. The van der Waals surface area contributed by atoms with E-state index in [1.54, 1.807) is 11.3 Å². The number of aromatic nitrogens is 2. The summed E-state index contributed by atoms with van der Waals surface area (Å²) in [6, 6.07) is 0. The van der Waals surface area contributed by atoms with Gasteiger partial charge in [-0.25, -0.2) is 9.97 Å². The average Bonchev–Trinajstić information content (AvgIpc) is 3.04. The Balaban J connectivity index is 1.99. The zero-order valence-electron chi connectivity index (χ0n) is 12.3. The summed E-state index contributed by atoms with van der Waals surface area (Å²) in [4.78, 5) is 11.0. The number of rotatable bonds is 6. The number of hydrogen-bond donors (Lipinski definition) is 1. The number of thiazole rings is 2. The SMILES string of the molecule is CCC(CC)c1nc(C2CC2)c(-c2csc(NC)n2)s1. The van der Waals surface area contributed by atoms with E-state index in [1.165, 1.54) is 41.3 Å². The number of anilines is 1. The maximum Gasteiger partial charge on any atom is 0.182 e. The lowest BCUT2D eigenvalue weighted by atomic mass is 10.1. The van der Waals surface area contributed by atoms with Crippen LogP contribution in [0.2, 0.25) is 0 Å². The van der Waals surface area contributed by atoms with Crippen LogP contribution in [0.15, 0.2) is 5.38 Å². The first-order chi connectivity index (χ1) is 9.76. The fourth-order valence-electron chi connectivity index (χ4n) is 2.47. The van der Waals surface area contributed by atoms with Crippen LogP contribution in [0, 0.1) is 0 Å². The number of hydrogen-bond acceptors (Lipinski definition) is 5. The highest BCUT2D eigenvalue weighted by Crippen LogP contribution is 2.47. The lowest BCUT2D eigenvalue weighted by molar-refractivity contribution is 0.635. The highest BCUT2D eigenvalue weighted by molar-refractivity contribution is 7.17. The topological polar surface area (TPSA) is 37.8 Å². The summed E-state index contributed by atoms with van der Waals surface area (Å²) < 4.78 is 0. The zero-order chi connectivity index (χ0) is 14.1. The van der Waals surface area contributed by atoms with E-state index in [0.29, 0.717) is 11.8 Å². The molecule has 0 atom stereocenters. The predicted molar refractivity (Wildman–Crippen MR) is 88.1 cm³/mol. The Morgan fingerprint density at radius 2 is 2.05 bits per heavy atom. The van der Waals surface area contributed by atoms with Crippen molar-refractivity contribution in [2.75, 3.05) is 12.4 Å². The maximum atomic E-state index is 4.99. The summed E-state index contributed by atoms with van der Waals surface area (Å²) in [6.45, 7) is 4.52. The van der Waals surface area contributed by atoms with Gasteiger partial charge < -0.3 is 5.32 Å². The van der Waals surface area contributed by atoms with Gasteiger partial charge in [0.1, 0.15) is 0 Å². The molecule has 3 rings (SSSR count). The van der Waals surface area contributed by atoms with Gasteiger partial charge in [0.25, 0.3) is 0 Å². The molecule has 2 heterocycles. The van der Waals surface area contributed by atoms with E-state index in [0.717, 1.165) is 10.8 Å². The maximum absolute atomic E-state index is 4.99. The molecule has 0 amide bonds. The third-order valence-corrected chi connectivity index (χ3v) is 6.04. The van der Waals surface area contributed by atoms with Gasteiger partial charge in [0.05, 0.1) is 21.3 Å². The Morgan fingerprint density at radius 1 is 1.30 bits per heavy atom. The van der Waals surface area contributed by atoms with E-state index in [4.69, 9.17) is 4.98 Å². The Kier molecular flexibility index (Phi) is 4.08. The second kappa shape index (κ2) is 5.82. The molecule has 0 unspecified atom stereocenters. The number of nitrogens with one attached hydrogen (secondary N) is 1. The quantitative estimate of drug-likeness (QED) is 0.807. The molecule has 3 nitrogen and oxygen atoms in total. The molecule has 1 aliphatic carbocycles. The van der Waals surface area contributed by atoms with Crippen molar-refractivity contribution in [3.63, 3.8) is 0 Å². The van der Waals surface area contributed by atoms with Gasteiger partial charge in [-0.15, -0.1) is 22.7 Å². The Bertz CT molecular complexity index is 580. The van der Waals surface area contributed by atoms with E-state index in [1.807, 2.05) is 18.4 Å². The smallest absolute Gasteiger partial charge is 0.182 e. The minimum absolute atomic E-state index is 0.605. The molecular weight excluding hydrogens is 286 g/mol. The summed E-state index contributed by atoms with van der Waals surface area (Å²) in [5, 5.41) is 7.58. The minimum Gasteiger partial charge on any atom is -0.365 e. The first-order valence-corrected chi connectivity index (χ1v) is 9.10. The molecular formula is C15H21N3S2. The zero-order valence-corrected chi connectivity index (χ0v) is 13.9. The van der Waals surface area contributed by atoms with Gasteiger partial charge in [-0.2, -0.15) is 0 Å². The first-order valence-electron chi connectivity index (χ1n) is 7.41. The van der Waals surface area contributed by atoms with Crippen LogP contribution < -0.4 is 5.32 Å². The molecule has 0 saturated heterocycles. The molecule has 2 aromatic heterocycles. The highest BCUT2D eigenvalue weighted by atomic mass is 32.1. The molecule has 0 aromatic carbocycles. The van der Waals surface area contributed by atoms with Crippen LogP contribution >= 0.6 is 22.7 Å². The van der Waals surface area contributed by atoms with Crippen LogP contribution in [0.1, 0.15) is 62.1 Å². The third-order valence-electron chi connectivity index (χ3n) is 3.92. The largest absolute Gasteiger partial charge is 0.365 e. The van der Waals surface area contributed by atoms with E-state index in [2.05, 4.69) is 29.5 Å². The van der Waals surface area contributed by atoms with Crippen molar-refractivity contribution in [1.82, 2.24) is 9.97 Å². The van der Waals surface area contributed by atoms with E-state index >= 15 is 0 Å². The summed E-state index contributed by atoms with van der Waals surface area (Å²) in [7, 11) is 1.92. The molecule has 1 aliphatic rings. The fraction of sp³-hybridized carbons (Fsp3) is 0.600. The van der Waals surface area contributed by atoms with Gasteiger partial charge in [-0.3, -0.25) is 0 Å². The number of nitrogens with zero attached hydrogens (tertiary/aromatic N) is 2. The van der Waals surface area contributed by atoms with Crippen LogP contribution in [-0.4, -0.2) is 17.0 Å². The fourth-order valence-corrected chi connectivity index (χ4v) is 4.59. The van der Waals surface area contributed by atoms with Gasteiger partial charge in [-0.05, 0) is 25.7 Å². The normalized spacial score (nSPS) is 15.0. The van der Waals surface area contributed by atoms with Crippen molar-refractivity contribution >= 4 is 27.8 Å². The van der Waals surface area contributed by atoms with Crippen LogP contribution in [0.5, 0.6) is 0 Å². The molecule has 1 saturated carbocycles. The minimum atomic E-state index is 0.605. The van der Waals surface area contributed by atoms with E-state index in [9.17, 15) is 0 Å². The van der Waals surface area contributed by atoms with Crippen molar-refractivity contribution < 1.29 is 0 Å². The summed E-state index contributed by atoms with van der Waals surface area (Å²) >= 11 is 3.54. The molecule has 0 aliphatic heterocycles. The molecule has 0 radical (unpaired) electrons. The molecule has 1 N–H and O–H groups in total. The van der Waals surface area contributed by atoms with E-state index in [-0.39, 0.29) is 0 Å². The first kappa shape index (κ1) is 14.0. The lowest BCUT2D eigenvalue weighted by Gasteiger charge is -2.06.